The Balaban J connectivity index is 1.87. The maximum Gasteiger partial charge on any atom is 0.220 e. The second-order valence-corrected chi connectivity index (χ2v) is 5.63. The Morgan fingerprint density at radius 1 is 1.13 bits per heavy atom. The van der Waals surface area contributed by atoms with Gasteiger partial charge in [0.15, 0.2) is 0 Å². The molecule has 3 N–H and O–H groups in total. The maximum atomic E-state index is 10.8. The third-order valence-electron chi connectivity index (χ3n) is 3.60. The lowest BCUT2D eigenvalue weighted by atomic mass is 10.1. The van der Waals surface area contributed by atoms with Crippen molar-refractivity contribution in [3.8, 4) is 5.75 Å². The highest BCUT2D eigenvalue weighted by Gasteiger charge is 2.08. The average molecular weight is 312 g/mol. The number of ether oxygens (including phenoxy) is 1. The molecule has 2 rings (SSSR count). The van der Waals surface area contributed by atoms with Crippen LogP contribution in [-0.2, 0) is 11.2 Å². The summed E-state index contributed by atoms with van der Waals surface area (Å²) in [5.74, 6) is 0.395. The summed E-state index contributed by atoms with van der Waals surface area (Å²) in [4.78, 5) is 10.8. The van der Waals surface area contributed by atoms with E-state index >= 15 is 0 Å². The molecule has 4 heteroatoms. The van der Waals surface area contributed by atoms with Crippen molar-refractivity contribution in [2.24, 2.45) is 5.73 Å². The largest absolute Gasteiger partial charge is 0.491 e. The van der Waals surface area contributed by atoms with Crippen LogP contribution in [0.1, 0.15) is 25.3 Å². The van der Waals surface area contributed by atoms with E-state index in [1.54, 1.807) is 0 Å². The highest BCUT2D eigenvalue weighted by atomic mass is 16.5. The number of hydrogen-bond donors (Lipinski definition) is 2. The van der Waals surface area contributed by atoms with Gasteiger partial charge in [-0.25, -0.2) is 0 Å². The first-order valence-electron chi connectivity index (χ1n) is 7.96. The molecule has 0 radical (unpaired) electrons. The Bertz CT molecular complexity index is 614. The van der Waals surface area contributed by atoms with Crippen molar-refractivity contribution < 1.29 is 9.53 Å². The smallest absolute Gasteiger partial charge is 0.220 e. The van der Waals surface area contributed by atoms with Crippen LogP contribution < -0.4 is 15.8 Å². The van der Waals surface area contributed by atoms with E-state index in [4.69, 9.17) is 10.5 Å². The number of primary amides is 1. The Morgan fingerprint density at radius 3 is 2.57 bits per heavy atom. The first-order chi connectivity index (χ1) is 11.1. The fraction of sp³-hybridized carbons (Fsp3) is 0.316. The van der Waals surface area contributed by atoms with Gasteiger partial charge in [-0.1, -0.05) is 42.5 Å². The Labute approximate surface area is 137 Å². The van der Waals surface area contributed by atoms with Gasteiger partial charge in [-0.2, -0.15) is 0 Å². The van der Waals surface area contributed by atoms with Crippen LogP contribution in [0.15, 0.2) is 54.6 Å². The van der Waals surface area contributed by atoms with Crippen molar-refractivity contribution in [2.45, 2.75) is 32.2 Å². The van der Waals surface area contributed by atoms with Gasteiger partial charge in [0.2, 0.25) is 5.91 Å². The fourth-order valence-corrected chi connectivity index (χ4v) is 2.34. The molecular weight excluding hydrogens is 288 g/mol. The first-order valence-corrected chi connectivity index (χ1v) is 7.96. The zero-order valence-corrected chi connectivity index (χ0v) is 13.5. The van der Waals surface area contributed by atoms with E-state index in [-0.39, 0.29) is 12.3 Å². The molecule has 122 valence electrons. The van der Waals surface area contributed by atoms with Crippen molar-refractivity contribution in [1.29, 1.82) is 0 Å². The summed E-state index contributed by atoms with van der Waals surface area (Å²) in [5, 5.41) is 3.48. The van der Waals surface area contributed by atoms with Crippen molar-refractivity contribution in [3.05, 3.63) is 60.2 Å². The van der Waals surface area contributed by atoms with E-state index in [0.29, 0.717) is 12.6 Å². The molecule has 1 amide bonds. The molecule has 0 aromatic heterocycles. The van der Waals surface area contributed by atoms with Gasteiger partial charge in [0, 0.05) is 6.04 Å². The van der Waals surface area contributed by atoms with E-state index < -0.39 is 0 Å². The Hall–Kier alpha value is -2.49. The summed E-state index contributed by atoms with van der Waals surface area (Å²) < 4.78 is 5.65. The lowest BCUT2D eigenvalue weighted by Gasteiger charge is -2.18. The second kappa shape index (κ2) is 8.83. The quantitative estimate of drug-likeness (QED) is 0.746. The van der Waals surface area contributed by atoms with E-state index in [1.165, 1.54) is 5.56 Å². The number of aryl methyl sites for hydroxylation is 1. The van der Waals surface area contributed by atoms with Crippen LogP contribution in [0.25, 0.3) is 0 Å². The van der Waals surface area contributed by atoms with Crippen LogP contribution in [0.5, 0.6) is 5.75 Å². The van der Waals surface area contributed by atoms with Crippen molar-refractivity contribution in [1.82, 2.24) is 0 Å². The highest BCUT2D eigenvalue weighted by molar-refractivity contribution is 5.73. The fourth-order valence-electron chi connectivity index (χ4n) is 2.34. The number of carbonyl (C=O) groups excluding carboxylic acids is 1. The van der Waals surface area contributed by atoms with Gasteiger partial charge < -0.3 is 15.8 Å². The molecule has 2 aromatic rings. The SMILES string of the molecule is CC(CCc1ccccc1)Nc1ccccc1OCCC(N)=O. The first kappa shape index (κ1) is 16.9. The minimum absolute atomic E-state index is 0.220. The molecule has 1 atom stereocenters. The molecule has 1 unspecified atom stereocenters. The summed E-state index contributed by atoms with van der Waals surface area (Å²) in [7, 11) is 0. The topological polar surface area (TPSA) is 64.3 Å². The van der Waals surface area contributed by atoms with Crippen LogP contribution >= 0.6 is 0 Å². The molecule has 0 fully saturated rings. The predicted octanol–water partition coefficient (Wildman–Crippen LogP) is 3.37. The zero-order valence-electron chi connectivity index (χ0n) is 13.5. The van der Waals surface area contributed by atoms with Gasteiger partial charge in [-0.15, -0.1) is 0 Å². The van der Waals surface area contributed by atoms with Crippen molar-refractivity contribution >= 4 is 11.6 Å². The molecule has 0 heterocycles. The third kappa shape index (κ3) is 6.02. The van der Waals surface area contributed by atoms with Crippen LogP contribution in [0.3, 0.4) is 0 Å². The molecule has 4 nitrogen and oxygen atoms in total. The number of benzene rings is 2. The molecule has 0 spiro atoms. The predicted molar refractivity (Wildman–Crippen MR) is 93.6 cm³/mol. The van der Waals surface area contributed by atoms with Gasteiger partial charge in [0.25, 0.3) is 0 Å². The molecule has 0 bridgehead atoms. The number of nitrogens with two attached hydrogens (primary N) is 1. The van der Waals surface area contributed by atoms with Gasteiger partial charge >= 0.3 is 0 Å². The molecule has 0 aliphatic rings. The van der Waals surface area contributed by atoms with Gasteiger partial charge in [0.05, 0.1) is 18.7 Å². The van der Waals surface area contributed by atoms with E-state index in [0.717, 1.165) is 24.3 Å². The molecule has 0 saturated heterocycles. The molecular formula is C19H24N2O2. The summed E-state index contributed by atoms with van der Waals surface area (Å²) in [6.07, 6.45) is 2.28. The third-order valence-corrected chi connectivity index (χ3v) is 3.60. The maximum absolute atomic E-state index is 10.8. The summed E-state index contributed by atoms with van der Waals surface area (Å²) in [6, 6.07) is 18.5. The number of carbonyl (C=O) groups is 1. The monoisotopic (exact) mass is 312 g/mol. The number of anilines is 1. The number of para-hydroxylation sites is 2. The van der Waals surface area contributed by atoms with Crippen LogP contribution in [0.4, 0.5) is 5.69 Å². The van der Waals surface area contributed by atoms with Crippen LogP contribution in [-0.4, -0.2) is 18.6 Å². The normalized spacial score (nSPS) is 11.7. The summed E-state index contributed by atoms with van der Waals surface area (Å²) >= 11 is 0. The average Bonchev–Trinajstić information content (AvgIpc) is 2.55. The standard InChI is InChI=1S/C19H24N2O2/c1-15(11-12-16-7-3-2-4-8-16)21-17-9-5-6-10-18(17)23-14-13-19(20)22/h2-10,15,21H,11-14H2,1H3,(H2,20,22). The minimum Gasteiger partial charge on any atom is -0.491 e. The number of amides is 1. The Kier molecular flexibility index (Phi) is 6.48. The van der Waals surface area contributed by atoms with E-state index in [9.17, 15) is 4.79 Å². The molecule has 0 saturated carbocycles. The number of hydrogen-bond acceptors (Lipinski definition) is 3. The molecule has 23 heavy (non-hydrogen) atoms. The van der Waals surface area contributed by atoms with Crippen molar-refractivity contribution in [3.63, 3.8) is 0 Å². The van der Waals surface area contributed by atoms with Gasteiger partial charge in [-0.3, -0.25) is 4.79 Å². The number of rotatable bonds is 9. The molecule has 2 aromatic carbocycles. The van der Waals surface area contributed by atoms with E-state index in [2.05, 4.69) is 36.5 Å². The molecule has 0 aliphatic carbocycles. The minimum atomic E-state index is -0.355. The van der Waals surface area contributed by atoms with Gasteiger partial charge in [0.1, 0.15) is 5.75 Å². The molecule has 0 aliphatic heterocycles. The van der Waals surface area contributed by atoms with Crippen LogP contribution in [0, 0.1) is 0 Å². The second-order valence-electron chi connectivity index (χ2n) is 5.63. The van der Waals surface area contributed by atoms with Gasteiger partial charge in [-0.05, 0) is 37.5 Å². The van der Waals surface area contributed by atoms with Crippen molar-refractivity contribution in [2.75, 3.05) is 11.9 Å². The lowest BCUT2D eigenvalue weighted by molar-refractivity contribution is -0.118. The lowest BCUT2D eigenvalue weighted by Crippen LogP contribution is -2.18. The van der Waals surface area contributed by atoms with Crippen LogP contribution in [0.2, 0.25) is 0 Å². The number of nitrogens with one attached hydrogen (secondary N) is 1. The summed E-state index contributed by atoms with van der Waals surface area (Å²) in [6.45, 7) is 2.45. The zero-order chi connectivity index (χ0) is 16.5. The summed E-state index contributed by atoms with van der Waals surface area (Å²) in [5.41, 5.74) is 7.42. The Morgan fingerprint density at radius 2 is 1.83 bits per heavy atom. The van der Waals surface area contributed by atoms with E-state index in [1.807, 2.05) is 30.3 Å². The highest BCUT2D eigenvalue weighted by Crippen LogP contribution is 2.25.